The molecular weight excluding hydrogens is 286 g/mol. The van der Waals surface area contributed by atoms with Crippen molar-refractivity contribution in [2.45, 2.75) is 59.1 Å². The fraction of sp³-hybridized carbons (Fsp3) is 0.588. The van der Waals surface area contributed by atoms with E-state index in [0.717, 1.165) is 24.8 Å². The Kier molecular flexibility index (Phi) is 4.82. The minimum absolute atomic E-state index is 0.0490. The summed E-state index contributed by atoms with van der Waals surface area (Å²) in [5.74, 6) is 0.654. The molecule has 0 spiro atoms. The molecule has 21 heavy (non-hydrogen) atoms. The van der Waals surface area contributed by atoms with E-state index in [4.69, 9.17) is 16.3 Å². The molecule has 1 aliphatic rings. The lowest BCUT2D eigenvalue weighted by Crippen LogP contribution is -2.41. The minimum Gasteiger partial charge on any atom is -0.481 e. The van der Waals surface area contributed by atoms with E-state index in [9.17, 15) is 4.79 Å². The average molecular weight is 310 g/mol. The molecule has 1 aromatic rings. The number of amides is 1. The third-order valence-electron chi connectivity index (χ3n) is 4.12. The zero-order valence-corrected chi connectivity index (χ0v) is 14.0. The molecule has 0 aliphatic heterocycles. The Labute approximate surface area is 132 Å². The molecule has 0 radical (unpaired) electrons. The average Bonchev–Trinajstić information content (AvgIpc) is 2.72. The van der Waals surface area contributed by atoms with Crippen LogP contribution in [0.3, 0.4) is 0 Å². The summed E-state index contributed by atoms with van der Waals surface area (Å²) < 4.78 is 5.75. The van der Waals surface area contributed by atoms with Crippen LogP contribution in [-0.2, 0) is 4.79 Å². The summed E-state index contributed by atoms with van der Waals surface area (Å²) in [5.41, 5.74) is 1.26. The van der Waals surface area contributed by atoms with Gasteiger partial charge in [0.15, 0.2) is 6.10 Å². The van der Waals surface area contributed by atoms with Crippen LogP contribution in [0.2, 0.25) is 5.02 Å². The van der Waals surface area contributed by atoms with Gasteiger partial charge in [0.25, 0.3) is 5.91 Å². The van der Waals surface area contributed by atoms with E-state index in [2.05, 4.69) is 19.2 Å². The quantitative estimate of drug-likeness (QED) is 0.909. The monoisotopic (exact) mass is 309 g/mol. The van der Waals surface area contributed by atoms with Crippen LogP contribution in [-0.4, -0.2) is 18.1 Å². The number of halogens is 1. The maximum absolute atomic E-state index is 12.2. The van der Waals surface area contributed by atoms with Crippen molar-refractivity contribution in [1.82, 2.24) is 5.32 Å². The highest BCUT2D eigenvalue weighted by Crippen LogP contribution is 2.36. The molecule has 4 heteroatoms. The summed E-state index contributed by atoms with van der Waals surface area (Å²) in [6, 6.07) is 5.68. The van der Waals surface area contributed by atoms with Crippen molar-refractivity contribution in [2.75, 3.05) is 0 Å². The van der Waals surface area contributed by atoms with E-state index in [1.165, 1.54) is 0 Å². The summed E-state index contributed by atoms with van der Waals surface area (Å²) in [6.45, 7) is 8.20. The number of hydrogen-bond donors (Lipinski definition) is 1. The van der Waals surface area contributed by atoms with Crippen LogP contribution in [0.1, 0.15) is 45.6 Å². The van der Waals surface area contributed by atoms with Crippen molar-refractivity contribution in [3.05, 3.63) is 28.8 Å². The predicted octanol–water partition coefficient (Wildman–Crippen LogP) is 4.11. The molecule has 0 aromatic heterocycles. The molecule has 2 unspecified atom stereocenters. The maximum Gasteiger partial charge on any atom is 0.260 e. The zero-order valence-electron chi connectivity index (χ0n) is 13.2. The van der Waals surface area contributed by atoms with Gasteiger partial charge in [-0.2, -0.15) is 0 Å². The number of nitrogens with one attached hydrogen (secondary N) is 1. The van der Waals surface area contributed by atoms with Crippen molar-refractivity contribution in [2.24, 2.45) is 5.41 Å². The van der Waals surface area contributed by atoms with Crippen molar-refractivity contribution >= 4 is 17.5 Å². The highest BCUT2D eigenvalue weighted by Gasteiger charge is 2.32. The van der Waals surface area contributed by atoms with Gasteiger partial charge >= 0.3 is 0 Å². The molecule has 2 atom stereocenters. The molecule has 1 amide bonds. The van der Waals surface area contributed by atoms with Crippen LogP contribution < -0.4 is 10.1 Å². The SMILES string of the molecule is Cc1cc(Cl)ccc1OC(C)C(=O)NC1CCC(C)(C)C1. The van der Waals surface area contributed by atoms with Gasteiger partial charge in [0.1, 0.15) is 5.75 Å². The molecule has 0 bridgehead atoms. The Hall–Kier alpha value is -1.22. The molecule has 116 valence electrons. The first-order valence-corrected chi connectivity index (χ1v) is 7.88. The second kappa shape index (κ2) is 6.27. The highest BCUT2D eigenvalue weighted by atomic mass is 35.5. The van der Waals surface area contributed by atoms with Crippen molar-refractivity contribution in [3.8, 4) is 5.75 Å². The van der Waals surface area contributed by atoms with Gasteiger partial charge in [0, 0.05) is 11.1 Å². The molecular formula is C17H24ClNO2. The molecule has 3 nitrogen and oxygen atoms in total. The first kappa shape index (κ1) is 16.2. The highest BCUT2D eigenvalue weighted by molar-refractivity contribution is 6.30. The third kappa shape index (κ3) is 4.37. The van der Waals surface area contributed by atoms with Gasteiger partial charge in [-0.05, 0) is 62.3 Å². The number of carbonyl (C=O) groups is 1. The smallest absolute Gasteiger partial charge is 0.260 e. The van der Waals surface area contributed by atoms with Crippen molar-refractivity contribution in [3.63, 3.8) is 0 Å². The zero-order chi connectivity index (χ0) is 15.6. The lowest BCUT2D eigenvalue weighted by Gasteiger charge is -2.21. The molecule has 0 heterocycles. The third-order valence-corrected chi connectivity index (χ3v) is 4.36. The summed E-state index contributed by atoms with van der Waals surface area (Å²) in [7, 11) is 0. The van der Waals surface area contributed by atoms with Crippen LogP contribution in [0.4, 0.5) is 0 Å². The lowest BCUT2D eigenvalue weighted by atomic mass is 9.92. The van der Waals surface area contributed by atoms with Gasteiger partial charge < -0.3 is 10.1 Å². The summed E-state index contributed by atoms with van der Waals surface area (Å²) in [4.78, 5) is 12.2. The number of benzene rings is 1. The van der Waals surface area contributed by atoms with E-state index < -0.39 is 6.10 Å². The normalized spacial score (nSPS) is 21.9. The Bertz CT molecular complexity index is 528. The standard InChI is InChI=1S/C17H24ClNO2/c1-11-9-13(18)5-6-15(11)21-12(2)16(20)19-14-7-8-17(3,4)10-14/h5-6,9,12,14H,7-8,10H2,1-4H3,(H,19,20). The molecule has 1 aromatic carbocycles. The Morgan fingerprint density at radius 3 is 2.76 bits per heavy atom. The largest absolute Gasteiger partial charge is 0.481 e. The van der Waals surface area contributed by atoms with Gasteiger partial charge in [-0.15, -0.1) is 0 Å². The Balaban J connectivity index is 1.91. The maximum atomic E-state index is 12.2. The van der Waals surface area contributed by atoms with Gasteiger partial charge in [-0.25, -0.2) is 0 Å². The van der Waals surface area contributed by atoms with Crippen LogP contribution >= 0.6 is 11.6 Å². The molecule has 1 aliphatic carbocycles. The predicted molar refractivity (Wildman–Crippen MR) is 85.8 cm³/mol. The van der Waals surface area contributed by atoms with Gasteiger partial charge in [-0.1, -0.05) is 25.4 Å². The fourth-order valence-corrected chi connectivity index (χ4v) is 3.09. The molecule has 2 rings (SSSR count). The van der Waals surface area contributed by atoms with Gasteiger partial charge in [0.05, 0.1) is 0 Å². The number of ether oxygens (including phenoxy) is 1. The van der Waals surface area contributed by atoms with E-state index >= 15 is 0 Å². The topological polar surface area (TPSA) is 38.3 Å². The van der Waals surface area contributed by atoms with Crippen LogP contribution in [0.5, 0.6) is 5.75 Å². The molecule has 0 saturated heterocycles. The number of rotatable bonds is 4. The number of aryl methyl sites for hydroxylation is 1. The van der Waals surface area contributed by atoms with E-state index in [1.54, 1.807) is 19.1 Å². The van der Waals surface area contributed by atoms with Crippen LogP contribution in [0.15, 0.2) is 18.2 Å². The summed E-state index contributed by atoms with van der Waals surface area (Å²) >= 11 is 5.92. The van der Waals surface area contributed by atoms with E-state index in [0.29, 0.717) is 16.2 Å². The number of carbonyl (C=O) groups excluding carboxylic acids is 1. The van der Waals surface area contributed by atoms with Gasteiger partial charge in [0.2, 0.25) is 0 Å². The number of hydrogen-bond acceptors (Lipinski definition) is 2. The first-order valence-electron chi connectivity index (χ1n) is 7.50. The molecule has 1 fully saturated rings. The summed E-state index contributed by atoms with van der Waals surface area (Å²) in [6.07, 6.45) is 2.73. The minimum atomic E-state index is -0.506. The van der Waals surface area contributed by atoms with Crippen LogP contribution in [0, 0.1) is 12.3 Å². The van der Waals surface area contributed by atoms with Gasteiger partial charge in [-0.3, -0.25) is 4.79 Å². The van der Waals surface area contributed by atoms with E-state index in [1.807, 2.05) is 13.0 Å². The fourth-order valence-electron chi connectivity index (χ4n) is 2.87. The Morgan fingerprint density at radius 1 is 1.48 bits per heavy atom. The van der Waals surface area contributed by atoms with Crippen molar-refractivity contribution < 1.29 is 9.53 Å². The van der Waals surface area contributed by atoms with Crippen molar-refractivity contribution in [1.29, 1.82) is 0 Å². The lowest BCUT2D eigenvalue weighted by molar-refractivity contribution is -0.128. The first-order chi connectivity index (χ1) is 9.77. The second-order valence-corrected chi connectivity index (χ2v) is 7.22. The Morgan fingerprint density at radius 2 is 2.19 bits per heavy atom. The molecule has 1 saturated carbocycles. The second-order valence-electron chi connectivity index (χ2n) is 6.78. The van der Waals surface area contributed by atoms with E-state index in [-0.39, 0.29) is 11.9 Å². The summed E-state index contributed by atoms with van der Waals surface area (Å²) in [5, 5.41) is 3.77. The van der Waals surface area contributed by atoms with Crippen LogP contribution in [0.25, 0.3) is 0 Å². The molecule has 1 N–H and O–H groups in total.